The van der Waals surface area contributed by atoms with Crippen molar-refractivity contribution in [3.8, 4) is 0 Å². The average Bonchev–Trinajstić information content (AvgIpc) is 2.33. The van der Waals surface area contributed by atoms with Crippen LogP contribution >= 0.6 is 15.9 Å². The zero-order valence-corrected chi connectivity index (χ0v) is 10.2. The number of non-ortho nitro benzene ring substituents is 1. The van der Waals surface area contributed by atoms with Gasteiger partial charge in [-0.1, -0.05) is 6.07 Å². The van der Waals surface area contributed by atoms with Gasteiger partial charge in [-0.15, -0.1) is 0 Å². The molecule has 0 aliphatic carbocycles. The van der Waals surface area contributed by atoms with E-state index in [1.54, 1.807) is 24.4 Å². The molecule has 0 saturated carbocycles. The number of anilines is 2. The minimum absolute atomic E-state index is 0.0339. The second kappa shape index (κ2) is 4.92. The third kappa shape index (κ3) is 2.79. The van der Waals surface area contributed by atoms with Gasteiger partial charge in [0.15, 0.2) is 0 Å². The molecule has 0 unspecified atom stereocenters. The van der Waals surface area contributed by atoms with Crippen molar-refractivity contribution in [1.82, 2.24) is 4.98 Å². The molecule has 0 aliphatic heterocycles. The van der Waals surface area contributed by atoms with Crippen molar-refractivity contribution in [3.63, 3.8) is 0 Å². The molecule has 0 saturated heterocycles. The first-order chi connectivity index (χ1) is 8.16. The maximum absolute atomic E-state index is 10.7. The smallest absolute Gasteiger partial charge is 0.271 e. The Labute approximate surface area is 106 Å². The van der Waals surface area contributed by atoms with Gasteiger partial charge in [0, 0.05) is 22.8 Å². The fourth-order valence-electron chi connectivity index (χ4n) is 1.30. The Morgan fingerprint density at radius 1 is 1.29 bits per heavy atom. The van der Waals surface area contributed by atoms with Crippen molar-refractivity contribution in [3.05, 3.63) is 57.2 Å². The molecule has 1 aromatic heterocycles. The highest BCUT2D eigenvalue weighted by Crippen LogP contribution is 2.28. The number of hydrogen-bond acceptors (Lipinski definition) is 4. The Morgan fingerprint density at radius 2 is 2.12 bits per heavy atom. The van der Waals surface area contributed by atoms with E-state index >= 15 is 0 Å². The van der Waals surface area contributed by atoms with Gasteiger partial charge in [-0.25, -0.2) is 4.98 Å². The Balaban J connectivity index is 2.32. The van der Waals surface area contributed by atoms with Gasteiger partial charge in [-0.05, 0) is 34.1 Å². The topological polar surface area (TPSA) is 68.1 Å². The van der Waals surface area contributed by atoms with Gasteiger partial charge in [0.2, 0.25) is 0 Å². The van der Waals surface area contributed by atoms with Crippen LogP contribution in [0.25, 0.3) is 0 Å². The summed E-state index contributed by atoms with van der Waals surface area (Å²) < 4.78 is 0.744. The highest BCUT2D eigenvalue weighted by molar-refractivity contribution is 9.10. The van der Waals surface area contributed by atoms with Crippen LogP contribution in [0, 0.1) is 10.1 Å². The molecule has 0 amide bonds. The summed E-state index contributed by atoms with van der Waals surface area (Å²) in [6.45, 7) is 0. The van der Waals surface area contributed by atoms with E-state index in [0.717, 1.165) is 4.47 Å². The lowest BCUT2D eigenvalue weighted by atomic mass is 10.3. The van der Waals surface area contributed by atoms with Crippen LogP contribution in [0.4, 0.5) is 17.2 Å². The predicted octanol–water partition coefficient (Wildman–Crippen LogP) is 3.50. The quantitative estimate of drug-likeness (QED) is 0.695. The maximum atomic E-state index is 10.7. The van der Waals surface area contributed by atoms with Crippen LogP contribution in [0.2, 0.25) is 0 Å². The lowest BCUT2D eigenvalue weighted by molar-refractivity contribution is -0.384. The largest absolute Gasteiger partial charge is 0.339 e. The lowest BCUT2D eigenvalue weighted by Crippen LogP contribution is -1.95. The number of nitro groups is 1. The Bertz CT molecular complexity index is 546. The molecule has 2 rings (SSSR count). The second-order valence-electron chi connectivity index (χ2n) is 3.26. The van der Waals surface area contributed by atoms with Crippen molar-refractivity contribution < 1.29 is 4.92 Å². The van der Waals surface area contributed by atoms with E-state index in [1.807, 2.05) is 6.07 Å². The van der Waals surface area contributed by atoms with Crippen molar-refractivity contribution in [2.75, 3.05) is 5.32 Å². The molecule has 6 heteroatoms. The number of pyridine rings is 1. The van der Waals surface area contributed by atoms with E-state index in [9.17, 15) is 10.1 Å². The number of aromatic nitrogens is 1. The summed E-state index contributed by atoms with van der Waals surface area (Å²) in [6, 6.07) is 9.94. The highest BCUT2D eigenvalue weighted by Gasteiger charge is 2.09. The molecule has 0 radical (unpaired) electrons. The number of nitrogens with zero attached hydrogens (tertiary/aromatic N) is 2. The van der Waals surface area contributed by atoms with E-state index in [4.69, 9.17) is 0 Å². The minimum atomic E-state index is -0.434. The molecule has 5 nitrogen and oxygen atoms in total. The second-order valence-corrected chi connectivity index (χ2v) is 4.12. The summed E-state index contributed by atoms with van der Waals surface area (Å²) in [5, 5.41) is 13.7. The first kappa shape index (κ1) is 11.5. The van der Waals surface area contributed by atoms with Crippen molar-refractivity contribution in [1.29, 1.82) is 0 Å². The zero-order chi connectivity index (χ0) is 12.3. The van der Waals surface area contributed by atoms with E-state index in [1.165, 1.54) is 12.1 Å². The zero-order valence-electron chi connectivity index (χ0n) is 8.63. The fraction of sp³-hybridized carbons (Fsp3) is 0. The van der Waals surface area contributed by atoms with E-state index in [-0.39, 0.29) is 5.69 Å². The molecule has 0 bridgehead atoms. The summed E-state index contributed by atoms with van der Waals surface area (Å²) >= 11 is 3.32. The molecule has 2 aromatic rings. The van der Waals surface area contributed by atoms with Crippen molar-refractivity contribution >= 4 is 33.1 Å². The van der Waals surface area contributed by atoms with Gasteiger partial charge in [-0.3, -0.25) is 10.1 Å². The Kier molecular flexibility index (Phi) is 3.34. The number of nitrogens with one attached hydrogen (secondary N) is 1. The molecular weight excluding hydrogens is 286 g/mol. The third-order valence-electron chi connectivity index (χ3n) is 2.09. The molecule has 1 N–H and O–H groups in total. The third-order valence-corrected chi connectivity index (χ3v) is 2.78. The predicted molar refractivity (Wildman–Crippen MR) is 68.3 cm³/mol. The van der Waals surface area contributed by atoms with Crippen LogP contribution < -0.4 is 5.32 Å². The SMILES string of the molecule is O=[N+]([O-])c1ccc(Br)c(Nc2ccccn2)c1. The summed E-state index contributed by atoms with van der Waals surface area (Å²) in [7, 11) is 0. The molecule has 1 heterocycles. The summed E-state index contributed by atoms with van der Waals surface area (Å²) in [4.78, 5) is 14.3. The number of benzene rings is 1. The molecule has 0 aliphatic rings. The first-order valence-corrected chi connectivity index (χ1v) is 5.58. The van der Waals surface area contributed by atoms with Crippen molar-refractivity contribution in [2.45, 2.75) is 0 Å². The van der Waals surface area contributed by atoms with Gasteiger partial charge < -0.3 is 5.32 Å². The van der Waals surface area contributed by atoms with Crippen molar-refractivity contribution in [2.24, 2.45) is 0 Å². The number of halogens is 1. The molecule has 0 fully saturated rings. The van der Waals surface area contributed by atoms with Gasteiger partial charge in [0.05, 0.1) is 10.6 Å². The number of nitro benzene ring substituents is 1. The van der Waals surface area contributed by atoms with E-state index in [2.05, 4.69) is 26.2 Å². The van der Waals surface area contributed by atoms with Crippen LogP contribution in [-0.4, -0.2) is 9.91 Å². The van der Waals surface area contributed by atoms with Gasteiger partial charge in [0.1, 0.15) is 5.82 Å². The van der Waals surface area contributed by atoms with E-state index in [0.29, 0.717) is 11.5 Å². The van der Waals surface area contributed by atoms with Gasteiger partial charge >= 0.3 is 0 Å². The highest BCUT2D eigenvalue weighted by atomic mass is 79.9. The Morgan fingerprint density at radius 3 is 2.76 bits per heavy atom. The Hall–Kier alpha value is -1.95. The maximum Gasteiger partial charge on any atom is 0.271 e. The molecule has 0 spiro atoms. The lowest BCUT2D eigenvalue weighted by Gasteiger charge is -2.06. The number of hydrogen-bond donors (Lipinski definition) is 1. The fourth-order valence-corrected chi connectivity index (χ4v) is 1.64. The van der Waals surface area contributed by atoms with Crippen LogP contribution in [0.5, 0.6) is 0 Å². The monoisotopic (exact) mass is 293 g/mol. The van der Waals surface area contributed by atoms with Gasteiger partial charge in [-0.2, -0.15) is 0 Å². The molecule has 0 atom stereocenters. The normalized spacial score (nSPS) is 9.94. The van der Waals surface area contributed by atoms with E-state index < -0.39 is 4.92 Å². The molecule has 17 heavy (non-hydrogen) atoms. The number of rotatable bonds is 3. The first-order valence-electron chi connectivity index (χ1n) is 4.79. The minimum Gasteiger partial charge on any atom is -0.339 e. The van der Waals surface area contributed by atoms with Crippen LogP contribution in [0.15, 0.2) is 47.1 Å². The average molecular weight is 294 g/mol. The van der Waals surface area contributed by atoms with Crippen LogP contribution in [0.1, 0.15) is 0 Å². The summed E-state index contributed by atoms with van der Waals surface area (Å²) in [5.41, 5.74) is 0.643. The van der Waals surface area contributed by atoms with Crippen LogP contribution in [-0.2, 0) is 0 Å². The molecule has 86 valence electrons. The molecule has 1 aromatic carbocycles. The summed E-state index contributed by atoms with van der Waals surface area (Å²) in [6.07, 6.45) is 1.65. The van der Waals surface area contributed by atoms with Gasteiger partial charge in [0.25, 0.3) is 5.69 Å². The standard InChI is InChI=1S/C11H8BrN3O2/c12-9-5-4-8(15(16)17)7-10(9)14-11-3-1-2-6-13-11/h1-7H,(H,13,14). The molecular formula is C11H8BrN3O2. The summed E-state index contributed by atoms with van der Waals surface area (Å²) in [5.74, 6) is 0.633. The van der Waals surface area contributed by atoms with Crippen LogP contribution in [0.3, 0.4) is 0 Å².